The maximum Gasteiger partial charge on any atom is 0.336 e. The lowest BCUT2D eigenvalue weighted by atomic mass is 9.82. The van der Waals surface area contributed by atoms with Crippen molar-refractivity contribution < 1.29 is 14.6 Å². The molecule has 0 aliphatic carbocycles. The van der Waals surface area contributed by atoms with Gasteiger partial charge in [-0.25, -0.2) is 9.78 Å². The van der Waals surface area contributed by atoms with Crippen molar-refractivity contribution in [3.63, 3.8) is 0 Å². The number of nitrogens with one attached hydrogen (secondary N) is 2. The molecule has 0 bridgehead atoms. The highest BCUT2D eigenvalue weighted by Gasteiger charge is 2.35. The molecule has 1 aromatic heterocycles. The Morgan fingerprint density at radius 1 is 1.48 bits per heavy atom. The molecule has 0 amide bonds. The number of rotatable bonds is 3. The molecule has 2 aromatic rings. The molecule has 0 saturated heterocycles. The number of aromatic nitrogens is 2. The number of hydrogen-bond donors (Lipinski definition) is 4. The van der Waals surface area contributed by atoms with Gasteiger partial charge in [0, 0.05) is 11.3 Å². The highest BCUT2D eigenvalue weighted by molar-refractivity contribution is 7.71. The van der Waals surface area contributed by atoms with Crippen LogP contribution in [0.25, 0.3) is 0 Å². The van der Waals surface area contributed by atoms with Crippen LogP contribution in [0.2, 0.25) is 0 Å². The highest BCUT2D eigenvalue weighted by atomic mass is 32.1. The number of carbonyl (C=O) groups excluding carboxylic acids is 1. The van der Waals surface area contributed by atoms with Crippen LogP contribution >= 0.6 is 12.2 Å². The minimum Gasteiger partial charge on any atom is -0.508 e. The second-order valence-electron chi connectivity index (χ2n) is 5.63. The molecule has 8 heteroatoms. The molecule has 3 rings (SSSR count). The van der Waals surface area contributed by atoms with E-state index in [1.54, 1.807) is 32.0 Å². The number of phenols is 1. The first kappa shape index (κ1) is 17.0. The summed E-state index contributed by atoms with van der Waals surface area (Å²) in [6.45, 7) is 3.76. The Morgan fingerprint density at radius 2 is 2.24 bits per heavy atom. The molecule has 0 fully saturated rings. The van der Waals surface area contributed by atoms with E-state index in [1.807, 2.05) is 6.07 Å². The number of fused-ring (bicyclic) bond motifs is 1. The van der Waals surface area contributed by atoms with E-state index in [-0.39, 0.29) is 17.1 Å². The average Bonchev–Trinajstić information content (AvgIpc) is 2.53. The summed E-state index contributed by atoms with van der Waals surface area (Å²) in [5.41, 5.74) is 8.46. The predicted molar refractivity (Wildman–Crippen MR) is 96.7 cm³/mol. The summed E-state index contributed by atoms with van der Waals surface area (Å²) in [7, 11) is 0. The van der Waals surface area contributed by atoms with Gasteiger partial charge in [-0.15, -0.1) is 0 Å². The number of nitrogens with two attached hydrogens (primary N) is 1. The lowest BCUT2D eigenvalue weighted by molar-refractivity contribution is -0.138. The smallest absolute Gasteiger partial charge is 0.336 e. The Hall–Kier alpha value is -2.87. The number of ether oxygens (including phenoxy) is 1. The molecule has 0 saturated carbocycles. The first-order valence-electron chi connectivity index (χ1n) is 7.76. The minimum atomic E-state index is -0.540. The fourth-order valence-corrected chi connectivity index (χ4v) is 3.21. The maximum atomic E-state index is 12.6. The molecule has 130 valence electrons. The molecular weight excluding hydrogens is 340 g/mol. The molecule has 1 atom stereocenters. The summed E-state index contributed by atoms with van der Waals surface area (Å²) in [4.78, 5) is 19.7. The third-order valence-corrected chi connectivity index (χ3v) is 4.18. The number of esters is 1. The normalized spacial score (nSPS) is 16.2. The zero-order valence-electron chi connectivity index (χ0n) is 13.8. The predicted octanol–water partition coefficient (Wildman–Crippen LogP) is 2.82. The van der Waals surface area contributed by atoms with Gasteiger partial charge in [0.05, 0.1) is 18.1 Å². The van der Waals surface area contributed by atoms with E-state index in [0.717, 1.165) is 0 Å². The number of aromatic hydroxyl groups is 1. The second-order valence-corrected chi connectivity index (χ2v) is 6.02. The van der Waals surface area contributed by atoms with Gasteiger partial charge in [0.2, 0.25) is 0 Å². The summed E-state index contributed by atoms with van der Waals surface area (Å²) < 4.78 is 5.46. The van der Waals surface area contributed by atoms with Crippen LogP contribution in [0.4, 0.5) is 11.6 Å². The minimum absolute atomic E-state index is 0.0915. The Bertz CT molecular complexity index is 936. The quantitative estimate of drug-likeness (QED) is 0.493. The zero-order chi connectivity index (χ0) is 18.1. The third-order valence-electron chi connectivity index (χ3n) is 3.99. The van der Waals surface area contributed by atoms with Crippen molar-refractivity contribution in [2.45, 2.75) is 19.8 Å². The van der Waals surface area contributed by atoms with Gasteiger partial charge in [0.25, 0.3) is 0 Å². The van der Waals surface area contributed by atoms with Crippen molar-refractivity contribution >= 4 is 29.8 Å². The van der Waals surface area contributed by atoms with E-state index >= 15 is 0 Å². The second kappa shape index (κ2) is 6.56. The number of carbonyl (C=O) groups is 1. The zero-order valence-corrected chi connectivity index (χ0v) is 14.6. The van der Waals surface area contributed by atoms with E-state index in [1.165, 1.54) is 0 Å². The van der Waals surface area contributed by atoms with E-state index < -0.39 is 11.9 Å². The van der Waals surface area contributed by atoms with Crippen molar-refractivity contribution in [1.29, 1.82) is 0 Å². The van der Waals surface area contributed by atoms with E-state index in [4.69, 9.17) is 22.7 Å². The van der Waals surface area contributed by atoms with E-state index in [9.17, 15) is 9.90 Å². The van der Waals surface area contributed by atoms with Crippen LogP contribution < -0.4 is 11.1 Å². The standard InChI is InChI=1S/C17H18N4O3S/c1-3-24-16(23)11-8(2)19-15-13(14(18)20-17(25)21-15)12(11)9-5-4-6-10(22)7-9/h4-7,12,22H,3H2,1-2H3,(H4,18,19,20,21,25). The van der Waals surface area contributed by atoms with Crippen LogP contribution in [0, 0.1) is 4.77 Å². The molecule has 0 radical (unpaired) electrons. The van der Waals surface area contributed by atoms with Crippen LogP contribution in [0.5, 0.6) is 5.75 Å². The number of H-pyrrole nitrogens is 1. The van der Waals surface area contributed by atoms with Crippen LogP contribution in [-0.2, 0) is 9.53 Å². The first-order chi connectivity index (χ1) is 11.9. The molecule has 1 aliphatic heterocycles. The van der Waals surface area contributed by atoms with Gasteiger partial charge in [-0.05, 0) is 43.8 Å². The molecule has 1 unspecified atom stereocenters. The summed E-state index contributed by atoms with van der Waals surface area (Å²) in [6, 6.07) is 6.67. The van der Waals surface area contributed by atoms with Crippen LogP contribution in [-0.4, -0.2) is 27.7 Å². The van der Waals surface area contributed by atoms with Crippen molar-refractivity contribution in [3.8, 4) is 5.75 Å². The van der Waals surface area contributed by atoms with Crippen molar-refractivity contribution in [3.05, 3.63) is 51.4 Å². The number of allylic oxidation sites excluding steroid dienone is 1. The largest absolute Gasteiger partial charge is 0.508 e. The number of nitrogen functional groups attached to an aromatic ring is 1. The van der Waals surface area contributed by atoms with Gasteiger partial charge in [-0.1, -0.05) is 12.1 Å². The number of benzene rings is 1. The van der Waals surface area contributed by atoms with Gasteiger partial charge in [-0.3, -0.25) is 0 Å². The highest BCUT2D eigenvalue weighted by Crippen LogP contribution is 2.43. The molecular formula is C17H18N4O3S. The molecule has 7 nitrogen and oxygen atoms in total. The monoisotopic (exact) mass is 358 g/mol. The molecule has 25 heavy (non-hydrogen) atoms. The summed E-state index contributed by atoms with van der Waals surface area (Å²) >= 11 is 5.09. The number of anilines is 2. The van der Waals surface area contributed by atoms with E-state index in [0.29, 0.717) is 34.0 Å². The Labute approximate surface area is 149 Å². The number of aromatic amines is 1. The maximum absolute atomic E-state index is 12.6. The molecule has 2 heterocycles. The first-order valence-corrected chi connectivity index (χ1v) is 8.16. The van der Waals surface area contributed by atoms with Crippen molar-refractivity contribution in [2.24, 2.45) is 0 Å². The van der Waals surface area contributed by atoms with Gasteiger partial charge in [0.1, 0.15) is 17.4 Å². The van der Waals surface area contributed by atoms with E-state index in [2.05, 4.69) is 15.3 Å². The summed E-state index contributed by atoms with van der Waals surface area (Å²) in [6.07, 6.45) is 0. The Morgan fingerprint density at radius 3 is 2.92 bits per heavy atom. The summed E-state index contributed by atoms with van der Waals surface area (Å²) in [5, 5.41) is 13.0. The van der Waals surface area contributed by atoms with Gasteiger partial charge >= 0.3 is 5.97 Å². The topological polar surface area (TPSA) is 113 Å². The number of phenolic OH excluding ortho intramolecular Hbond substituents is 1. The van der Waals surface area contributed by atoms with Crippen LogP contribution in [0.15, 0.2) is 35.5 Å². The number of nitrogens with zero attached hydrogens (tertiary/aromatic N) is 1. The van der Waals surface area contributed by atoms with Crippen LogP contribution in [0.3, 0.4) is 0 Å². The fourth-order valence-electron chi connectivity index (χ4n) is 3.01. The number of hydrogen-bond acceptors (Lipinski definition) is 7. The Kier molecular flexibility index (Phi) is 4.45. The van der Waals surface area contributed by atoms with Crippen molar-refractivity contribution in [1.82, 2.24) is 9.97 Å². The fraction of sp³-hybridized carbons (Fsp3) is 0.235. The summed E-state index contributed by atoms with van der Waals surface area (Å²) in [5.74, 6) is -0.103. The average molecular weight is 358 g/mol. The van der Waals surface area contributed by atoms with Gasteiger partial charge in [0.15, 0.2) is 4.77 Å². The SMILES string of the molecule is CCOC(=O)C1=C(C)Nc2nc(=S)[nH]c(N)c2C1c1cccc(O)c1. The molecule has 1 aliphatic rings. The lowest BCUT2D eigenvalue weighted by Gasteiger charge is -2.30. The third kappa shape index (κ3) is 3.08. The molecule has 1 aromatic carbocycles. The van der Waals surface area contributed by atoms with Crippen LogP contribution in [0.1, 0.15) is 30.9 Å². The molecule has 0 spiro atoms. The lowest BCUT2D eigenvalue weighted by Crippen LogP contribution is -2.26. The Balaban J connectivity index is 2.28. The molecule has 5 N–H and O–H groups in total. The van der Waals surface area contributed by atoms with Gasteiger partial charge < -0.3 is 25.9 Å². The van der Waals surface area contributed by atoms with Crippen molar-refractivity contribution in [2.75, 3.05) is 17.7 Å². The van der Waals surface area contributed by atoms with Gasteiger partial charge in [-0.2, -0.15) is 0 Å².